The van der Waals surface area contributed by atoms with Gasteiger partial charge in [0.15, 0.2) is 0 Å². The van der Waals surface area contributed by atoms with Crippen LogP contribution in [-0.4, -0.2) is 0 Å². The van der Waals surface area contributed by atoms with Gasteiger partial charge in [-0.1, -0.05) is 152 Å². The standard InChI is InChI=1S/C40H26/c1-2-13-28(14-3-1)39-35-16-6-8-18-37(35)40(38-19-9-7-17-36(38)39)34-23-11-21-32-31(20-10-22-33(32)34)30-25-24-27-12-4-5-15-29(27)26-30/h1-26H/i13D,14D. The summed E-state index contributed by atoms with van der Waals surface area (Å²) < 4.78 is 17.5. The fraction of sp³-hybridized carbons (Fsp3) is 0. The second kappa shape index (κ2) is 9.22. The van der Waals surface area contributed by atoms with Crippen LogP contribution in [0.25, 0.3) is 76.5 Å². The van der Waals surface area contributed by atoms with Crippen molar-refractivity contribution < 1.29 is 2.74 Å². The van der Waals surface area contributed by atoms with Crippen LogP contribution in [0.5, 0.6) is 0 Å². The largest absolute Gasteiger partial charge is 0.0629 e. The lowest BCUT2D eigenvalue weighted by Gasteiger charge is -2.19. The number of hydrogen-bond acceptors (Lipinski definition) is 0. The highest BCUT2D eigenvalue weighted by atomic mass is 14.2. The molecule has 186 valence electrons. The smallest absolute Gasteiger partial charge is 0.0622 e. The molecule has 0 bridgehead atoms. The van der Waals surface area contributed by atoms with E-state index < -0.39 is 0 Å². The molecule has 0 aliphatic carbocycles. The molecule has 0 saturated heterocycles. The van der Waals surface area contributed by atoms with E-state index in [0.29, 0.717) is 17.6 Å². The Kier molecular flexibility index (Phi) is 4.78. The molecule has 0 spiro atoms. The molecule has 0 aliphatic heterocycles. The average molecular weight is 509 g/mol. The zero-order valence-electron chi connectivity index (χ0n) is 23.9. The van der Waals surface area contributed by atoms with Gasteiger partial charge in [-0.3, -0.25) is 0 Å². The van der Waals surface area contributed by atoms with E-state index >= 15 is 0 Å². The minimum Gasteiger partial charge on any atom is -0.0622 e. The van der Waals surface area contributed by atoms with Gasteiger partial charge in [-0.15, -0.1) is 0 Å². The van der Waals surface area contributed by atoms with Crippen LogP contribution in [-0.2, 0) is 0 Å². The minimum absolute atomic E-state index is 0.371. The van der Waals surface area contributed by atoms with Gasteiger partial charge in [-0.25, -0.2) is 0 Å². The van der Waals surface area contributed by atoms with E-state index in [-0.39, 0.29) is 0 Å². The highest BCUT2D eigenvalue weighted by Gasteiger charge is 2.18. The predicted octanol–water partition coefficient (Wildman–Crippen LogP) is 11.3. The van der Waals surface area contributed by atoms with E-state index in [9.17, 15) is 0 Å². The summed E-state index contributed by atoms with van der Waals surface area (Å²) in [5.74, 6) is 0. The topological polar surface area (TPSA) is 0 Å². The molecule has 0 heteroatoms. The summed E-state index contributed by atoms with van der Waals surface area (Å²) in [7, 11) is 0. The van der Waals surface area contributed by atoms with E-state index in [1.807, 2.05) is 0 Å². The molecule has 40 heavy (non-hydrogen) atoms. The van der Waals surface area contributed by atoms with Gasteiger partial charge in [-0.2, -0.15) is 0 Å². The molecule has 0 nitrogen and oxygen atoms in total. The van der Waals surface area contributed by atoms with Crippen LogP contribution < -0.4 is 0 Å². The summed E-state index contributed by atoms with van der Waals surface area (Å²) in [5, 5.41) is 9.25. The van der Waals surface area contributed by atoms with Gasteiger partial charge < -0.3 is 0 Å². The molecule has 0 aromatic heterocycles. The van der Waals surface area contributed by atoms with Crippen molar-refractivity contribution in [3.05, 3.63) is 158 Å². The molecule has 0 heterocycles. The zero-order valence-corrected chi connectivity index (χ0v) is 21.9. The van der Waals surface area contributed by atoms with Crippen LogP contribution in [0.1, 0.15) is 2.74 Å². The quantitative estimate of drug-likeness (QED) is 0.208. The molecule has 0 unspecified atom stereocenters. The Labute approximate surface area is 236 Å². The highest BCUT2D eigenvalue weighted by Crippen LogP contribution is 2.46. The maximum absolute atomic E-state index is 8.76. The van der Waals surface area contributed by atoms with Crippen LogP contribution in [0.3, 0.4) is 0 Å². The summed E-state index contributed by atoms with van der Waals surface area (Å²) in [4.78, 5) is 0. The van der Waals surface area contributed by atoms with Gasteiger partial charge >= 0.3 is 0 Å². The summed E-state index contributed by atoms with van der Waals surface area (Å²) in [6.07, 6.45) is 0. The zero-order chi connectivity index (χ0) is 28.2. The van der Waals surface area contributed by atoms with Gasteiger partial charge in [0.1, 0.15) is 0 Å². The van der Waals surface area contributed by atoms with Crippen molar-refractivity contribution in [3.63, 3.8) is 0 Å². The lowest BCUT2D eigenvalue weighted by Crippen LogP contribution is -1.92. The monoisotopic (exact) mass is 508 g/mol. The molecular weight excluding hydrogens is 480 g/mol. The maximum Gasteiger partial charge on any atom is 0.0629 e. The summed E-state index contributed by atoms with van der Waals surface area (Å²) >= 11 is 0. The maximum atomic E-state index is 8.76. The van der Waals surface area contributed by atoms with Crippen molar-refractivity contribution in [3.8, 4) is 33.4 Å². The van der Waals surface area contributed by atoms with Gasteiger partial charge in [0, 0.05) is 0 Å². The van der Waals surface area contributed by atoms with Crippen molar-refractivity contribution in [2.75, 3.05) is 0 Å². The van der Waals surface area contributed by atoms with Crippen LogP contribution in [0, 0.1) is 0 Å². The fourth-order valence-corrected chi connectivity index (χ4v) is 6.32. The molecule has 8 aromatic carbocycles. The molecule has 0 aliphatic rings. The third-order valence-corrected chi connectivity index (χ3v) is 8.08. The first kappa shape index (κ1) is 20.7. The highest BCUT2D eigenvalue weighted by molar-refractivity contribution is 6.24. The number of rotatable bonds is 3. The molecule has 0 atom stereocenters. The summed E-state index contributed by atoms with van der Waals surface area (Å²) in [6, 6.07) is 51.5. The first-order valence-electron chi connectivity index (χ1n) is 14.7. The van der Waals surface area contributed by atoms with Crippen molar-refractivity contribution in [1.82, 2.24) is 0 Å². The molecule has 0 amide bonds. The number of fused-ring (bicyclic) bond motifs is 4. The lowest BCUT2D eigenvalue weighted by atomic mass is 9.84. The molecular formula is C40H26. The van der Waals surface area contributed by atoms with E-state index in [1.165, 1.54) is 43.8 Å². The third-order valence-electron chi connectivity index (χ3n) is 8.08. The van der Waals surface area contributed by atoms with E-state index in [1.54, 1.807) is 18.2 Å². The first-order valence-corrected chi connectivity index (χ1v) is 13.7. The summed E-state index contributed by atoms with van der Waals surface area (Å²) in [5.41, 5.74) is 6.41. The van der Waals surface area contributed by atoms with Gasteiger partial charge in [0.2, 0.25) is 0 Å². The molecule has 0 saturated carbocycles. The van der Waals surface area contributed by atoms with E-state index in [2.05, 4.69) is 127 Å². The molecule has 8 rings (SSSR count). The third kappa shape index (κ3) is 3.54. The molecule has 0 radical (unpaired) electrons. The van der Waals surface area contributed by atoms with E-state index in [4.69, 9.17) is 2.74 Å². The Morgan fingerprint density at radius 1 is 0.325 bits per heavy atom. The lowest BCUT2D eigenvalue weighted by molar-refractivity contribution is 1.65. The Morgan fingerprint density at radius 3 is 1.52 bits per heavy atom. The number of hydrogen-bond donors (Lipinski definition) is 0. The van der Waals surface area contributed by atoms with Gasteiger partial charge in [0.25, 0.3) is 0 Å². The summed E-state index contributed by atoms with van der Waals surface area (Å²) in [6.45, 7) is 0. The minimum atomic E-state index is 0.371. The Morgan fingerprint density at radius 2 is 0.850 bits per heavy atom. The first-order chi connectivity index (χ1) is 20.7. The van der Waals surface area contributed by atoms with Crippen molar-refractivity contribution in [2.45, 2.75) is 0 Å². The fourth-order valence-electron chi connectivity index (χ4n) is 6.32. The predicted molar refractivity (Wildman–Crippen MR) is 173 cm³/mol. The van der Waals surface area contributed by atoms with E-state index in [0.717, 1.165) is 27.1 Å². The van der Waals surface area contributed by atoms with Crippen LogP contribution in [0.15, 0.2) is 158 Å². The molecule has 0 fully saturated rings. The van der Waals surface area contributed by atoms with Crippen LogP contribution in [0.4, 0.5) is 0 Å². The average Bonchev–Trinajstić information content (AvgIpc) is 3.03. The van der Waals surface area contributed by atoms with Crippen LogP contribution in [0.2, 0.25) is 0 Å². The Bertz CT molecular complexity index is 2250. The van der Waals surface area contributed by atoms with Crippen molar-refractivity contribution >= 4 is 43.1 Å². The van der Waals surface area contributed by atoms with Gasteiger partial charge in [-0.05, 0) is 82.5 Å². The molecule has 8 aromatic rings. The Balaban J connectivity index is 1.46. The van der Waals surface area contributed by atoms with Crippen LogP contribution >= 0.6 is 0 Å². The second-order valence-corrected chi connectivity index (χ2v) is 10.3. The van der Waals surface area contributed by atoms with Crippen molar-refractivity contribution in [1.29, 1.82) is 0 Å². The second-order valence-electron chi connectivity index (χ2n) is 10.3. The van der Waals surface area contributed by atoms with Crippen molar-refractivity contribution in [2.24, 2.45) is 0 Å². The SMILES string of the molecule is [2H]c1cccc([2H])c1-c1c2ccccc2c(-c2cccc3c(-c4ccc5ccccc5c4)cccc23)c2ccccc12. The number of benzene rings is 8. The normalized spacial score (nSPS) is 12.2. The Hall–Kier alpha value is -5.20. The van der Waals surface area contributed by atoms with Gasteiger partial charge in [0.05, 0.1) is 2.74 Å². The molecule has 0 N–H and O–H groups in total.